The summed E-state index contributed by atoms with van der Waals surface area (Å²) >= 11 is 0. The summed E-state index contributed by atoms with van der Waals surface area (Å²) in [4.78, 5) is 39.0. The first-order valence-corrected chi connectivity index (χ1v) is 8.60. The molecule has 2 aliphatic rings. The quantitative estimate of drug-likeness (QED) is 0.685. The molecule has 1 aliphatic carbocycles. The second-order valence-corrected chi connectivity index (χ2v) is 7.18. The first-order valence-electron chi connectivity index (χ1n) is 8.60. The average molecular weight is 328 g/mol. The van der Waals surface area contributed by atoms with Gasteiger partial charge in [-0.3, -0.25) is 14.5 Å². The summed E-state index contributed by atoms with van der Waals surface area (Å²) in [7, 11) is 0. The fourth-order valence-electron chi connectivity index (χ4n) is 3.90. The summed E-state index contributed by atoms with van der Waals surface area (Å²) in [5, 5.41) is 2.89. The van der Waals surface area contributed by atoms with Gasteiger partial charge in [-0.2, -0.15) is 0 Å². The van der Waals surface area contributed by atoms with Crippen LogP contribution < -0.4 is 5.32 Å². The number of benzene rings is 1. The molecular formula is C19H24N2O3. The molecule has 2 fully saturated rings. The van der Waals surface area contributed by atoms with Gasteiger partial charge < -0.3 is 5.32 Å². The van der Waals surface area contributed by atoms with Crippen molar-refractivity contribution in [3.8, 4) is 0 Å². The number of carbonyl (C=O) groups is 3. The van der Waals surface area contributed by atoms with E-state index in [2.05, 4.69) is 5.32 Å². The highest BCUT2D eigenvalue weighted by Gasteiger charge is 2.55. The molecule has 2 atom stereocenters. The van der Waals surface area contributed by atoms with Crippen LogP contribution in [0, 0.1) is 19.8 Å². The molecule has 0 bridgehead atoms. The lowest BCUT2D eigenvalue weighted by Crippen LogP contribution is -2.54. The minimum atomic E-state index is -0.808. The van der Waals surface area contributed by atoms with Gasteiger partial charge in [-0.1, -0.05) is 37.5 Å². The maximum Gasteiger partial charge on any atom is 0.325 e. The number of amides is 3. The Kier molecular flexibility index (Phi) is 4.20. The highest BCUT2D eigenvalue weighted by Crippen LogP contribution is 2.38. The number of nitrogens with one attached hydrogen (secondary N) is 1. The summed E-state index contributed by atoms with van der Waals surface area (Å²) in [5.41, 5.74) is 1.61. The van der Waals surface area contributed by atoms with E-state index in [1.807, 2.05) is 39.0 Å². The molecule has 1 aromatic carbocycles. The minimum Gasteiger partial charge on any atom is -0.323 e. The zero-order chi connectivity index (χ0) is 17.5. The first kappa shape index (κ1) is 16.7. The molecule has 128 valence electrons. The second kappa shape index (κ2) is 6.04. The summed E-state index contributed by atoms with van der Waals surface area (Å²) in [6, 6.07) is 5.21. The molecule has 5 heteroatoms. The standard InChI is InChI=1S/C19H24N2O3/c1-12-7-8-13(2)15(10-12)16(22)11-21-17(23)19(20-18(21)24)9-5-4-6-14(19)3/h7-8,10,14H,4-6,9,11H2,1-3H3,(H,20,24)/t14-,19-/m0/s1. The molecule has 1 aromatic rings. The van der Waals surface area contributed by atoms with Crippen LogP contribution in [-0.2, 0) is 4.79 Å². The molecule has 3 amide bonds. The molecule has 0 radical (unpaired) electrons. The SMILES string of the molecule is Cc1ccc(C)c(C(=O)CN2C(=O)N[C@]3(CCCC[C@@H]3C)C2=O)c1. The average Bonchev–Trinajstić information content (AvgIpc) is 2.78. The van der Waals surface area contributed by atoms with Gasteiger partial charge in [0.25, 0.3) is 5.91 Å². The summed E-state index contributed by atoms with van der Waals surface area (Å²) in [6.07, 6.45) is 3.58. The van der Waals surface area contributed by atoms with Crippen molar-refractivity contribution in [1.82, 2.24) is 10.2 Å². The maximum atomic E-state index is 12.9. The van der Waals surface area contributed by atoms with Crippen molar-refractivity contribution in [1.29, 1.82) is 0 Å². The molecule has 1 saturated carbocycles. The molecular weight excluding hydrogens is 304 g/mol. The number of aryl methyl sites for hydroxylation is 2. The number of Topliss-reactive ketones (excluding diaryl/α,β-unsaturated/α-hetero) is 1. The highest BCUT2D eigenvalue weighted by atomic mass is 16.2. The lowest BCUT2D eigenvalue weighted by atomic mass is 9.73. The van der Waals surface area contributed by atoms with E-state index in [4.69, 9.17) is 0 Å². The van der Waals surface area contributed by atoms with Gasteiger partial charge in [0, 0.05) is 5.56 Å². The molecule has 1 saturated heterocycles. The molecule has 1 heterocycles. The first-order chi connectivity index (χ1) is 11.3. The zero-order valence-electron chi connectivity index (χ0n) is 14.5. The zero-order valence-corrected chi connectivity index (χ0v) is 14.5. The van der Waals surface area contributed by atoms with Crippen molar-refractivity contribution in [2.45, 2.75) is 52.0 Å². The summed E-state index contributed by atoms with van der Waals surface area (Å²) in [6.45, 7) is 5.60. The predicted molar refractivity (Wildman–Crippen MR) is 90.9 cm³/mol. The third kappa shape index (κ3) is 2.62. The van der Waals surface area contributed by atoms with Crippen molar-refractivity contribution in [2.75, 3.05) is 6.54 Å². The lowest BCUT2D eigenvalue weighted by Gasteiger charge is -2.36. The Morgan fingerprint density at radius 2 is 2.04 bits per heavy atom. The third-order valence-electron chi connectivity index (χ3n) is 5.50. The molecule has 1 N–H and O–H groups in total. The molecule has 5 nitrogen and oxygen atoms in total. The van der Waals surface area contributed by atoms with Gasteiger partial charge in [-0.05, 0) is 44.2 Å². The second-order valence-electron chi connectivity index (χ2n) is 7.18. The number of imide groups is 1. The van der Waals surface area contributed by atoms with E-state index in [0.29, 0.717) is 12.0 Å². The number of hydrogen-bond acceptors (Lipinski definition) is 3. The van der Waals surface area contributed by atoms with Crippen LogP contribution in [0.3, 0.4) is 0 Å². The van der Waals surface area contributed by atoms with Crippen LogP contribution in [0.15, 0.2) is 18.2 Å². The fourth-order valence-corrected chi connectivity index (χ4v) is 3.90. The number of rotatable bonds is 3. The molecule has 0 aromatic heterocycles. The van der Waals surface area contributed by atoms with Crippen molar-refractivity contribution in [2.24, 2.45) is 5.92 Å². The van der Waals surface area contributed by atoms with Crippen LogP contribution in [0.4, 0.5) is 4.79 Å². The number of carbonyl (C=O) groups excluding carboxylic acids is 3. The Morgan fingerprint density at radius 3 is 2.75 bits per heavy atom. The van der Waals surface area contributed by atoms with E-state index in [9.17, 15) is 14.4 Å². The van der Waals surface area contributed by atoms with E-state index in [0.717, 1.165) is 35.3 Å². The van der Waals surface area contributed by atoms with E-state index >= 15 is 0 Å². The van der Waals surface area contributed by atoms with Crippen LogP contribution >= 0.6 is 0 Å². The van der Waals surface area contributed by atoms with Crippen LogP contribution in [0.25, 0.3) is 0 Å². The molecule has 24 heavy (non-hydrogen) atoms. The van der Waals surface area contributed by atoms with Gasteiger partial charge in [-0.25, -0.2) is 4.79 Å². The predicted octanol–water partition coefficient (Wildman–Crippen LogP) is 2.99. The van der Waals surface area contributed by atoms with Crippen LogP contribution in [0.1, 0.15) is 54.1 Å². The van der Waals surface area contributed by atoms with Gasteiger partial charge in [0.15, 0.2) is 5.78 Å². The van der Waals surface area contributed by atoms with Gasteiger partial charge in [-0.15, -0.1) is 0 Å². The fraction of sp³-hybridized carbons (Fsp3) is 0.526. The monoisotopic (exact) mass is 328 g/mol. The Hall–Kier alpha value is -2.17. The van der Waals surface area contributed by atoms with Crippen molar-refractivity contribution in [3.05, 3.63) is 34.9 Å². The Labute approximate surface area is 142 Å². The van der Waals surface area contributed by atoms with Gasteiger partial charge >= 0.3 is 6.03 Å². The van der Waals surface area contributed by atoms with Gasteiger partial charge in [0.2, 0.25) is 0 Å². The van der Waals surface area contributed by atoms with Crippen LogP contribution in [-0.4, -0.2) is 34.7 Å². The Bertz CT molecular complexity index is 713. The van der Waals surface area contributed by atoms with Crippen LogP contribution in [0.5, 0.6) is 0 Å². The van der Waals surface area contributed by atoms with E-state index in [-0.39, 0.29) is 24.2 Å². The third-order valence-corrected chi connectivity index (χ3v) is 5.50. The van der Waals surface area contributed by atoms with Crippen molar-refractivity contribution >= 4 is 17.7 Å². The largest absolute Gasteiger partial charge is 0.325 e. The van der Waals surface area contributed by atoms with E-state index in [1.165, 1.54) is 0 Å². The number of urea groups is 1. The smallest absolute Gasteiger partial charge is 0.323 e. The normalized spacial score (nSPS) is 26.8. The summed E-state index contributed by atoms with van der Waals surface area (Å²) in [5.74, 6) is -0.331. The topological polar surface area (TPSA) is 66.5 Å². The number of ketones is 1. The van der Waals surface area contributed by atoms with Crippen LogP contribution in [0.2, 0.25) is 0 Å². The molecule has 0 unspecified atom stereocenters. The maximum absolute atomic E-state index is 12.9. The molecule has 3 rings (SSSR count). The number of nitrogens with zero attached hydrogens (tertiary/aromatic N) is 1. The highest BCUT2D eigenvalue weighted by molar-refractivity contribution is 6.11. The minimum absolute atomic E-state index is 0.100. The summed E-state index contributed by atoms with van der Waals surface area (Å²) < 4.78 is 0. The van der Waals surface area contributed by atoms with Gasteiger partial charge in [0.05, 0.1) is 6.54 Å². The molecule has 1 aliphatic heterocycles. The lowest BCUT2D eigenvalue weighted by molar-refractivity contribution is -0.133. The molecule has 1 spiro atoms. The Morgan fingerprint density at radius 1 is 1.29 bits per heavy atom. The van der Waals surface area contributed by atoms with Crippen molar-refractivity contribution < 1.29 is 14.4 Å². The number of hydrogen-bond donors (Lipinski definition) is 1. The van der Waals surface area contributed by atoms with E-state index in [1.54, 1.807) is 0 Å². The van der Waals surface area contributed by atoms with Crippen molar-refractivity contribution in [3.63, 3.8) is 0 Å². The van der Waals surface area contributed by atoms with Gasteiger partial charge in [0.1, 0.15) is 5.54 Å². The Balaban J connectivity index is 1.82. The van der Waals surface area contributed by atoms with E-state index < -0.39 is 11.6 Å².